The number of nitrogens with zero attached hydrogens (tertiary/aromatic N) is 3. The molecule has 1 aliphatic rings. The number of azo groups is 1. The van der Waals surface area contributed by atoms with Crippen molar-refractivity contribution in [2.24, 2.45) is 10.2 Å². The molecule has 2 aromatic rings. The number of carbonyl (C=O) groups excluding carboxylic acids is 2. The van der Waals surface area contributed by atoms with E-state index in [1.54, 1.807) is 6.07 Å². The highest BCUT2D eigenvalue weighted by Gasteiger charge is 2.38. The van der Waals surface area contributed by atoms with Gasteiger partial charge in [-0.3, -0.25) is 9.59 Å². The molecule has 0 aliphatic heterocycles. The largest absolute Gasteiger partial charge is 0.389 e. The topological polar surface area (TPSA) is 150 Å². The summed E-state index contributed by atoms with van der Waals surface area (Å²) in [5.74, 6) is -0.583. The number of amides is 2. The molecule has 2 amide bonds. The number of hydrogen-bond acceptors (Lipinski definition) is 9. The number of nitrogens with one attached hydrogen (secondary N) is 2. The minimum atomic E-state index is -3.37. The van der Waals surface area contributed by atoms with E-state index in [0.29, 0.717) is 28.7 Å². The van der Waals surface area contributed by atoms with Crippen LogP contribution >= 0.6 is 11.5 Å². The van der Waals surface area contributed by atoms with Crippen molar-refractivity contribution in [2.45, 2.75) is 55.8 Å². The van der Waals surface area contributed by atoms with Gasteiger partial charge in [0.1, 0.15) is 0 Å². The number of hydrogen-bond donors (Lipinski definition) is 3. The van der Waals surface area contributed by atoms with Crippen LogP contribution in [0.2, 0.25) is 0 Å². The van der Waals surface area contributed by atoms with Gasteiger partial charge >= 0.3 is 0 Å². The number of aliphatic hydroxyl groups excluding tert-OH is 1. The van der Waals surface area contributed by atoms with Crippen molar-refractivity contribution in [3.63, 3.8) is 0 Å². The molecule has 0 bridgehead atoms. The molecule has 10 nitrogen and oxygen atoms in total. The Morgan fingerprint density at radius 2 is 1.77 bits per heavy atom. The monoisotopic (exact) mass is 453 g/mol. The van der Waals surface area contributed by atoms with E-state index >= 15 is 0 Å². The second kappa shape index (κ2) is 8.74. The average molecular weight is 454 g/mol. The van der Waals surface area contributed by atoms with Gasteiger partial charge in [-0.2, -0.15) is 9.49 Å². The molecule has 1 aromatic heterocycles. The first kappa shape index (κ1) is 22.2. The number of rotatable bonds is 5. The number of fused-ring (bicyclic) bond motifs is 1. The van der Waals surface area contributed by atoms with Gasteiger partial charge in [0.15, 0.2) is 14.8 Å². The van der Waals surface area contributed by atoms with Crippen LogP contribution in [-0.2, 0) is 19.4 Å². The molecule has 3 N–H and O–H groups in total. The minimum Gasteiger partial charge on any atom is -0.389 e. The second-order valence-corrected chi connectivity index (χ2v) is 10.2. The van der Waals surface area contributed by atoms with E-state index in [4.69, 9.17) is 0 Å². The Hall–Kier alpha value is -2.44. The van der Waals surface area contributed by atoms with Crippen LogP contribution < -0.4 is 10.6 Å². The predicted molar refractivity (Wildman–Crippen MR) is 111 cm³/mol. The molecule has 3 rings (SSSR count). The van der Waals surface area contributed by atoms with Crippen molar-refractivity contribution in [1.29, 1.82) is 0 Å². The summed E-state index contributed by atoms with van der Waals surface area (Å²) in [6.45, 7) is 2.71. The lowest BCUT2D eigenvalue weighted by atomic mass is 9.84. The molecule has 30 heavy (non-hydrogen) atoms. The molecule has 1 aromatic carbocycles. The van der Waals surface area contributed by atoms with Gasteiger partial charge in [-0.05, 0) is 42.6 Å². The summed E-state index contributed by atoms with van der Waals surface area (Å²) in [5.41, 5.74) is 0.618. The van der Waals surface area contributed by atoms with E-state index in [1.165, 1.54) is 26.0 Å². The maximum Gasteiger partial charge on any atom is 0.217 e. The van der Waals surface area contributed by atoms with Crippen molar-refractivity contribution in [3.8, 4) is 0 Å². The lowest BCUT2D eigenvalue weighted by Crippen LogP contribution is -2.58. The van der Waals surface area contributed by atoms with Gasteiger partial charge in [0.25, 0.3) is 0 Å². The fraction of sp³-hybridized carbons (Fsp3) is 0.500. The molecule has 2 unspecified atom stereocenters. The first-order valence-corrected chi connectivity index (χ1v) is 11.9. The highest BCUT2D eigenvalue weighted by Crippen LogP contribution is 2.33. The standard InChI is InChI=1S/C18H23N5O5S2/c1-9(24)19-15-6-11(7-16(17(15)26)20-10(2)25)21-22-18-13-8-12(30(3,27)28)4-5-14(13)23-29-18/h4-5,8,11,15-17,26H,6-7H2,1-3H3,(H,19,24)(H,20,25). The van der Waals surface area contributed by atoms with Crippen LogP contribution in [0.25, 0.3) is 10.9 Å². The lowest BCUT2D eigenvalue weighted by Gasteiger charge is -2.37. The van der Waals surface area contributed by atoms with Crippen molar-refractivity contribution < 1.29 is 23.1 Å². The molecule has 0 saturated heterocycles. The van der Waals surface area contributed by atoms with E-state index in [9.17, 15) is 23.1 Å². The number of sulfone groups is 1. The van der Waals surface area contributed by atoms with Crippen molar-refractivity contribution in [1.82, 2.24) is 15.0 Å². The third-order valence-electron chi connectivity index (χ3n) is 4.82. The van der Waals surface area contributed by atoms with E-state index in [0.717, 1.165) is 17.8 Å². The van der Waals surface area contributed by atoms with Crippen molar-refractivity contribution in [2.75, 3.05) is 6.26 Å². The lowest BCUT2D eigenvalue weighted by molar-refractivity contribution is -0.122. The summed E-state index contributed by atoms with van der Waals surface area (Å²) in [5, 5.41) is 25.5. The maximum absolute atomic E-state index is 11.8. The molecule has 12 heteroatoms. The fourth-order valence-corrected chi connectivity index (χ4v) is 4.83. The first-order valence-electron chi connectivity index (χ1n) is 9.27. The maximum atomic E-state index is 11.8. The third kappa shape index (κ3) is 5.18. The number of aliphatic hydroxyl groups is 1. The van der Waals surface area contributed by atoms with E-state index in [-0.39, 0.29) is 22.8 Å². The molecule has 162 valence electrons. The normalized spacial score (nSPS) is 24.8. The van der Waals surface area contributed by atoms with Crippen LogP contribution in [0.1, 0.15) is 26.7 Å². The summed E-state index contributed by atoms with van der Waals surface area (Å²) < 4.78 is 27.9. The summed E-state index contributed by atoms with van der Waals surface area (Å²) in [7, 11) is -3.37. The summed E-state index contributed by atoms with van der Waals surface area (Å²) in [6, 6.07) is 3.12. The molecule has 2 atom stereocenters. The first-order chi connectivity index (χ1) is 14.0. The predicted octanol–water partition coefficient (Wildman–Crippen LogP) is 1.32. The van der Waals surface area contributed by atoms with Crippen LogP contribution in [0.15, 0.2) is 33.3 Å². The van der Waals surface area contributed by atoms with E-state index < -0.39 is 28.0 Å². The molecular formula is C18H23N5O5S2. The number of carbonyl (C=O) groups is 2. The smallest absolute Gasteiger partial charge is 0.217 e. The molecule has 0 spiro atoms. The zero-order valence-electron chi connectivity index (χ0n) is 16.7. The molecule has 1 saturated carbocycles. The van der Waals surface area contributed by atoms with Gasteiger partial charge in [-0.1, -0.05) is 0 Å². The van der Waals surface area contributed by atoms with Crippen LogP contribution in [-0.4, -0.2) is 60.2 Å². The Bertz CT molecular complexity index is 1070. The van der Waals surface area contributed by atoms with Gasteiger partial charge < -0.3 is 15.7 Å². The Kier molecular flexibility index (Phi) is 6.48. The van der Waals surface area contributed by atoms with Crippen LogP contribution in [0, 0.1) is 0 Å². The Morgan fingerprint density at radius 3 is 2.30 bits per heavy atom. The van der Waals surface area contributed by atoms with Gasteiger partial charge in [0.05, 0.1) is 34.6 Å². The van der Waals surface area contributed by atoms with Gasteiger partial charge in [-0.15, -0.1) is 5.11 Å². The average Bonchev–Trinajstić information content (AvgIpc) is 3.04. The van der Waals surface area contributed by atoms with Crippen LogP contribution in [0.5, 0.6) is 0 Å². The molecule has 1 fully saturated rings. The van der Waals surface area contributed by atoms with Gasteiger partial charge in [-0.25, -0.2) is 8.42 Å². The zero-order valence-corrected chi connectivity index (χ0v) is 18.3. The number of benzene rings is 1. The molecule has 1 heterocycles. The SMILES string of the molecule is CC(=O)NC1CC(N=Nc2snc3ccc(S(C)(=O)=O)cc23)CC(NC(C)=O)C1O. The molecule has 1 aliphatic carbocycles. The quantitative estimate of drug-likeness (QED) is 0.581. The van der Waals surface area contributed by atoms with Crippen LogP contribution in [0.3, 0.4) is 0 Å². The Balaban J connectivity index is 1.86. The summed E-state index contributed by atoms with van der Waals surface area (Å²) in [6.07, 6.45) is 0.898. The van der Waals surface area contributed by atoms with Gasteiger partial charge in [0.2, 0.25) is 11.8 Å². The second-order valence-electron chi connectivity index (χ2n) is 7.38. The van der Waals surface area contributed by atoms with Crippen LogP contribution in [0.4, 0.5) is 5.00 Å². The molecular weight excluding hydrogens is 430 g/mol. The Morgan fingerprint density at radius 1 is 1.17 bits per heavy atom. The number of aromatic nitrogens is 1. The van der Waals surface area contributed by atoms with Crippen molar-refractivity contribution in [3.05, 3.63) is 18.2 Å². The highest BCUT2D eigenvalue weighted by molar-refractivity contribution is 7.90. The van der Waals surface area contributed by atoms with E-state index in [1.807, 2.05) is 0 Å². The van der Waals surface area contributed by atoms with E-state index in [2.05, 4.69) is 25.2 Å². The Labute approximate surface area is 177 Å². The zero-order chi connectivity index (χ0) is 22.1. The molecule has 0 radical (unpaired) electrons. The fourth-order valence-electron chi connectivity index (χ4n) is 3.49. The van der Waals surface area contributed by atoms with Gasteiger partial charge in [0, 0.05) is 25.5 Å². The highest BCUT2D eigenvalue weighted by atomic mass is 32.2. The third-order valence-corrected chi connectivity index (χ3v) is 6.70. The summed E-state index contributed by atoms with van der Waals surface area (Å²) >= 11 is 1.10. The summed E-state index contributed by atoms with van der Waals surface area (Å²) in [4.78, 5) is 23.1. The van der Waals surface area contributed by atoms with Crippen molar-refractivity contribution >= 4 is 49.1 Å². The minimum absolute atomic E-state index is 0.170.